The highest BCUT2D eigenvalue weighted by Gasteiger charge is 2.29. The van der Waals surface area contributed by atoms with Crippen molar-refractivity contribution < 1.29 is 4.79 Å². The molecule has 3 aromatic rings. The zero-order chi connectivity index (χ0) is 16.5. The van der Waals surface area contributed by atoms with Crippen LogP contribution in [0.1, 0.15) is 35.7 Å². The average Bonchev–Trinajstić information content (AvgIpc) is 3.38. The molecule has 1 unspecified atom stereocenters. The molecule has 1 saturated carbocycles. The van der Waals surface area contributed by atoms with Crippen molar-refractivity contribution in [2.45, 2.75) is 32.4 Å². The van der Waals surface area contributed by atoms with Crippen molar-refractivity contribution >= 4 is 16.9 Å². The first-order chi connectivity index (χ1) is 11.7. The van der Waals surface area contributed by atoms with Crippen LogP contribution in [0.25, 0.3) is 11.0 Å². The van der Waals surface area contributed by atoms with Crippen LogP contribution in [0.2, 0.25) is 0 Å². The molecule has 4 rings (SSSR count). The molecule has 0 aliphatic heterocycles. The zero-order valence-corrected chi connectivity index (χ0v) is 13.6. The summed E-state index contributed by atoms with van der Waals surface area (Å²) in [6.45, 7) is 2.72. The molecule has 0 spiro atoms. The van der Waals surface area contributed by atoms with Crippen LogP contribution in [-0.4, -0.2) is 26.9 Å². The third-order valence-electron chi connectivity index (χ3n) is 4.66. The first-order valence-corrected chi connectivity index (χ1v) is 8.39. The van der Waals surface area contributed by atoms with Gasteiger partial charge < -0.3 is 5.32 Å². The van der Waals surface area contributed by atoms with Gasteiger partial charge in [-0.1, -0.05) is 29.5 Å². The minimum absolute atomic E-state index is 0.00663. The van der Waals surface area contributed by atoms with Crippen LogP contribution in [0.5, 0.6) is 0 Å². The molecule has 1 heterocycles. The Kier molecular flexibility index (Phi) is 3.76. The number of hydrogen-bond acceptors (Lipinski definition) is 3. The smallest absolute Gasteiger partial charge is 0.251 e. The summed E-state index contributed by atoms with van der Waals surface area (Å²) in [4.78, 5) is 12.3. The standard InChI is InChI=1S/C19H20N4O/c1-13(15-10-11-15)20-19(24)16-8-6-14(7-9-16)12-23-18-5-3-2-4-17(18)21-22-23/h2-9,13,15H,10-12H2,1H3,(H,20,24). The minimum Gasteiger partial charge on any atom is -0.349 e. The number of carbonyl (C=O) groups is 1. The maximum absolute atomic E-state index is 12.3. The lowest BCUT2D eigenvalue weighted by molar-refractivity contribution is 0.0936. The van der Waals surface area contributed by atoms with Crippen molar-refractivity contribution in [1.29, 1.82) is 0 Å². The molecule has 0 saturated heterocycles. The summed E-state index contributed by atoms with van der Waals surface area (Å²) in [7, 11) is 0. The van der Waals surface area contributed by atoms with Crippen LogP contribution in [0.3, 0.4) is 0 Å². The minimum atomic E-state index is 0.00663. The number of benzene rings is 2. The molecule has 0 radical (unpaired) electrons. The number of fused-ring (bicyclic) bond motifs is 1. The van der Waals surface area contributed by atoms with E-state index in [1.165, 1.54) is 12.8 Å². The van der Waals surface area contributed by atoms with Crippen LogP contribution in [0.15, 0.2) is 48.5 Å². The second-order valence-corrected chi connectivity index (χ2v) is 6.53. The Hall–Kier alpha value is -2.69. The van der Waals surface area contributed by atoms with Gasteiger partial charge in [-0.15, -0.1) is 5.10 Å². The van der Waals surface area contributed by atoms with Crippen LogP contribution in [0, 0.1) is 5.92 Å². The Morgan fingerprint density at radius 3 is 2.71 bits per heavy atom. The van der Waals surface area contributed by atoms with Crippen LogP contribution in [0.4, 0.5) is 0 Å². The Bertz CT molecular complexity index is 864. The summed E-state index contributed by atoms with van der Waals surface area (Å²) >= 11 is 0. The topological polar surface area (TPSA) is 59.8 Å². The summed E-state index contributed by atoms with van der Waals surface area (Å²) in [5.41, 5.74) is 3.70. The molecule has 24 heavy (non-hydrogen) atoms. The lowest BCUT2D eigenvalue weighted by Crippen LogP contribution is -2.33. The predicted molar refractivity (Wildman–Crippen MR) is 92.7 cm³/mol. The molecule has 5 nitrogen and oxygen atoms in total. The summed E-state index contributed by atoms with van der Waals surface area (Å²) in [5.74, 6) is 0.668. The maximum Gasteiger partial charge on any atom is 0.251 e. The van der Waals surface area contributed by atoms with Gasteiger partial charge in [-0.2, -0.15) is 0 Å². The summed E-state index contributed by atoms with van der Waals surface area (Å²) in [6, 6.07) is 15.9. The van der Waals surface area contributed by atoms with Gasteiger partial charge in [0, 0.05) is 11.6 Å². The number of aromatic nitrogens is 3. The van der Waals surface area contributed by atoms with Crippen LogP contribution >= 0.6 is 0 Å². The lowest BCUT2D eigenvalue weighted by Gasteiger charge is -2.13. The zero-order valence-electron chi connectivity index (χ0n) is 13.6. The molecule has 1 N–H and O–H groups in total. The predicted octanol–water partition coefficient (Wildman–Crippen LogP) is 3.01. The number of carbonyl (C=O) groups excluding carboxylic acids is 1. The van der Waals surface area contributed by atoms with E-state index in [9.17, 15) is 4.79 Å². The Labute approximate surface area is 140 Å². The van der Waals surface area contributed by atoms with Crippen molar-refractivity contribution in [2.75, 3.05) is 0 Å². The van der Waals surface area contributed by atoms with Gasteiger partial charge in [-0.25, -0.2) is 4.68 Å². The SMILES string of the molecule is CC(NC(=O)c1ccc(Cn2nnc3ccccc32)cc1)C1CC1. The molecule has 122 valence electrons. The van der Waals surface area contributed by atoms with Gasteiger partial charge in [0.1, 0.15) is 5.52 Å². The van der Waals surface area contributed by atoms with Gasteiger partial charge in [0.15, 0.2) is 0 Å². The van der Waals surface area contributed by atoms with Crippen LogP contribution < -0.4 is 5.32 Å². The molecule has 2 aromatic carbocycles. The number of nitrogens with one attached hydrogen (secondary N) is 1. The molecule has 1 aliphatic rings. The average molecular weight is 320 g/mol. The molecule has 1 fully saturated rings. The fraction of sp³-hybridized carbons (Fsp3) is 0.316. The normalized spacial score (nSPS) is 15.4. The fourth-order valence-corrected chi connectivity index (χ4v) is 2.97. The summed E-state index contributed by atoms with van der Waals surface area (Å²) < 4.78 is 1.87. The maximum atomic E-state index is 12.3. The van der Waals surface area contributed by atoms with E-state index in [0.717, 1.165) is 16.6 Å². The van der Waals surface area contributed by atoms with Crippen molar-refractivity contribution in [3.63, 3.8) is 0 Å². The first kappa shape index (κ1) is 14.9. The van der Waals surface area contributed by atoms with Gasteiger partial charge in [-0.3, -0.25) is 4.79 Å². The second-order valence-electron chi connectivity index (χ2n) is 6.53. The van der Waals surface area contributed by atoms with E-state index in [4.69, 9.17) is 0 Å². The van der Waals surface area contributed by atoms with Gasteiger partial charge >= 0.3 is 0 Å². The van der Waals surface area contributed by atoms with Crippen molar-refractivity contribution in [2.24, 2.45) is 5.92 Å². The fourth-order valence-electron chi connectivity index (χ4n) is 2.97. The van der Waals surface area contributed by atoms with E-state index in [-0.39, 0.29) is 11.9 Å². The first-order valence-electron chi connectivity index (χ1n) is 8.39. The molecular formula is C19H20N4O. The van der Waals surface area contributed by atoms with E-state index in [0.29, 0.717) is 18.0 Å². The van der Waals surface area contributed by atoms with Crippen LogP contribution in [-0.2, 0) is 6.54 Å². The highest BCUT2D eigenvalue weighted by atomic mass is 16.1. The van der Waals surface area contributed by atoms with E-state index in [2.05, 4.69) is 22.6 Å². The van der Waals surface area contributed by atoms with Gasteiger partial charge in [-0.05, 0) is 55.5 Å². The molecule has 1 atom stereocenters. The highest BCUT2D eigenvalue weighted by molar-refractivity contribution is 5.94. The van der Waals surface area contributed by atoms with Crippen molar-refractivity contribution in [1.82, 2.24) is 20.3 Å². The van der Waals surface area contributed by atoms with E-state index in [1.54, 1.807) is 0 Å². The quantitative estimate of drug-likeness (QED) is 0.786. The molecule has 0 bridgehead atoms. The van der Waals surface area contributed by atoms with Crippen molar-refractivity contribution in [3.05, 3.63) is 59.7 Å². The van der Waals surface area contributed by atoms with Gasteiger partial charge in [0.25, 0.3) is 5.91 Å². The number of amides is 1. The van der Waals surface area contributed by atoms with Gasteiger partial charge in [0.05, 0.1) is 12.1 Å². The van der Waals surface area contributed by atoms with E-state index in [1.807, 2.05) is 53.2 Å². The monoisotopic (exact) mass is 320 g/mol. The van der Waals surface area contributed by atoms with E-state index < -0.39 is 0 Å². The lowest BCUT2D eigenvalue weighted by atomic mass is 10.1. The molecule has 1 aromatic heterocycles. The third-order valence-corrected chi connectivity index (χ3v) is 4.66. The third kappa shape index (κ3) is 3.02. The molecule has 1 aliphatic carbocycles. The number of rotatable bonds is 5. The molecule has 5 heteroatoms. The van der Waals surface area contributed by atoms with Crippen molar-refractivity contribution in [3.8, 4) is 0 Å². The Balaban J connectivity index is 1.46. The number of nitrogens with zero attached hydrogens (tertiary/aromatic N) is 3. The Morgan fingerprint density at radius 1 is 1.21 bits per heavy atom. The number of hydrogen-bond donors (Lipinski definition) is 1. The largest absolute Gasteiger partial charge is 0.349 e. The van der Waals surface area contributed by atoms with E-state index >= 15 is 0 Å². The summed E-state index contributed by atoms with van der Waals surface area (Å²) in [6.07, 6.45) is 2.46. The van der Waals surface area contributed by atoms with Gasteiger partial charge in [0.2, 0.25) is 0 Å². The highest BCUT2D eigenvalue weighted by Crippen LogP contribution is 2.32. The second kappa shape index (κ2) is 6.07. The molecule has 1 amide bonds. The number of para-hydroxylation sites is 1. The molecular weight excluding hydrogens is 300 g/mol. The Morgan fingerprint density at radius 2 is 1.96 bits per heavy atom. The summed E-state index contributed by atoms with van der Waals surface area (Å²) in [5, 5.41) is 11.4.